The molecule has 2 saturated carbocycles. The third kappa shape index (κ3) is 6.43. The molecule has 3 fully saturated rings. The van der Waals surface area contributed by atoms with Gasteiger partial charge in [0.15, 0.2) is 0 Å². The Bertz CT molecular complexity index is 2010. The quantitative estimate of drug-likeness (QED) is 0.190. The van der Waals surface area contributed by atoms with Gasteiger partial charge in [-0.1, -0.05) is 18.2 Å². The van der Waals surface area contributed by atoms with E-state index in [1.807, 2.05) is 33.0 Å². The van der Waals surface area contributed by atoms with Crippen molar-refractivity contribution in [1.82, 2.24) is 19.3 Å². The zero-order chi connectivity index (χ0) is 36.9. The number of methoxy groups -OCH3 is 2. The van der Waals surface area contributed by atoms with Crippen LogP contribution in [-0.2, 0) is 31.4 Å². The molecule has 3 heterocycles. The second-order valence-corrected chi connectivity index (χ2v) is 15.4. The van der Waals surface area contributed by atoms with Crippen LogP contribution in [0.15, 0.2) is 53.0 Å². The molecular formula is C42H50FN5O4. The number of carbonyl (C=O) groups excluding carboxylic acids is 1. The van der Waals surface area contributed by atoms with Crippen molar-refractivity contribution in [2.75, 3.05) is 40.4 Å². The lowest BCUT2D eigenvalue weighted by atomic mass is 9.80. The van der Waals surface area contributed by atoms with E-state index in [2.05, 4.69) is 40.1 Å². The van der Waals surface area contributed by atoms with E-state index >= 15 is 0 Å². The van der Waals surface area contributed by atoms with Crippen molar-refractivity contribution < 1.29 is 18.7 Å². The van der Waals surface area contributed by atoms with Crippen LogP contribution in [0.1, 0.15) is 78.5 Å². The number of nitrogens with zero attached hydrogens (tertiary/aromatic N) is 5. The lowest BCUT2D eigenvalue weighted by Gasteiger charge is -2.43. The number of allylic oxidation sites excluding steroid dienone is 1. The predicted octanol–water partition coefficient (Wildman–Crippen LogP) is 6.32. The normalized spacial score (nSPS) is 20.9. The number of halogens is 1. The number of aromatic nitrogens is 1. The number of hydrogen-bond donors (Lipinski definition) is 0. The van der Waals surface area contributed by atoms with Crippen LogP contribution >= 0.6 is 0 Å². The van der Waals surface area contributed by atoms with Crippen LogP contribution in [0.5, 0.6) is 11.5 Å². The molecule has 1 aromatic heterocycles. The third-order valence-corrected chi connectivity index (χ3v) is 12.3. The van der Waals surface area contributed by atoms with E-state index in [0.29, 0.717) is 32.4 Å². The third-order valence-electron chi connectivity index (χ3n) is 12.3. The molecule has 1 saturated heterocycles. The number of ether oxygens (including phenoxy) is 2. The molecule has 7 rings (SSSR count). The monoisotopic (exact) mass is 707 g/mol. The molecule has 0 N–H and O–H groups in total. The topological polar surface area (TPSA) is 91.0 Å². The molecular weight excluding hydrogens is 657 g/mol. The summed E-state index contributed by atoms with van der Waals surface area (Å²) >= 11 is 0. The minimum Gasteiger partial charge on any atom is -0.496 e. The van der Waals surface area contributed by atoms with Crippen LogP contribution in [0, 0.1) is 25.2 Å². The van der Waals surface area contributed by atoms with Crippen LogP contribution in [0.2, 0.25) is 0 Å². The Morgan fingerprint density at radius 2 is 1.75 bits per heavy atom. The van der Waals surface area contributed by atoms with Gasteiger partial charge < -0.3 is 18.9 Å². The van der Waals surface area contributed by atoms with E-state index < -0.39 is 5.67 Å². The van der Waals surface area contributed by atoms with Gasteiger partial charge in [0, 0.05) is 69.2 Å². The number of carbonyl (C=O) groups is 1. The molecule has 10 heteroatoms. The lowest BCUT2D eigenvalue weighted by Crippen LogP contribution is -2.54. The summed E-state index contributed by atoms with van der Waals surface area (Å²) in [6.45, 7) is 10.7. The minimum absolute atomic E-state index is 0.00513. The second-order valence-electron chi connectivity index (χ2n) is 15.4. The van der Waals surface area contributed by atoms with Crippen LogP contribution in [0.4, 0.5) is 4.39 Å². The first-order valence-electron chi connectivity index (χ1n) is 18.5. The summed E-state index contributed by atoms with van der Waals surface area (Å²) in [7, 11) is 5.18. The molecule has 1 spiro atoms. The fraction of sp³-hybridized carbons (Fsp3) is 0.500. The van der Waals surface area contributed by atoms with Crippen LogP contribution in [0.3, 0.4) is 0 Å². The molecule has 2 aromatic carbocycles. The summed E-state index contributed by atoms with van der Waals surface area (Å²) in [5, 5.41) is 9.75. The zero-order valence-electron chi connectivity index (χ0n) is 31.4. The number of amides is 1. The summed E-state index contributed by atoms with van der Waals surface area (Å²) in [6.07, 6.45) is 7.69. The fourth-order valence-corrected chi connectivity index (χ4v) is 8.67. The van der Waals surface area contributed by atoms with Crippen molar-refractivity contribution in [1.29, 1.82) is 5.26 Å². The number of rotatable bonds is 9. The zero-order valence-corrected chi connectivity index (χ0v) is 31.4. The molecule has 2 aliphatic heterocycles. The van der Waals surface area contributed by atoms with Gasteiger partial charge in [-0.3, -0.25) is 19.4 Å². The first-order valence-corrected chi connectivity index (χ1v) is 18.5. The molecule has 0 radical (unpaired) electrons. The van der Waals surface area contributed by atoms with E-state index in [0.717, 1.165) is 90.3 Å². The van der Waals surface area contributed by atoms with Crippen molar-refractivity contribution in [2.45, 2.75) is 89.6 Å². The smallest absolute Gasteiger partial charge is 0.264 e. The standard InChI is InChI=1S/C42H50FN5O4/c1-27-28(2)39(49)45(4)24-35(27)31-19-37(51-5)36(38(20-31)52-6)25-46-17-18-47(42(26-46)14-15-42)23-30-9-7-10-33-29(3)48(16-11-34(30)33)40(50)32(22-44)21-41(43)12-8-13-41/h7,9-10,19-21,24,29H,8,11-18,23,25-26H2,1-6H3/b32-21+. The highest BCUT2D eigenvalue weighted by Gasteiger charge is 2.51. The van der Waals surface area contributed by atoms with Gasteiger partial charge in [0.05, 0.1) is 25.8 Å². The highest BCUT2D eigenvalue weighted by atomic mass is 19.1. The Hall–Kier alpha value is -4.46. The van der Waals surface area contributed by atoms with Crippen molar-refractivity contribution in [3.05, 3.63) is 91.9 Å². The molecule has 1 atom stereocenters. The first-order chi connectivity index (χ1) is 24.9. The SMILES string of the molecule is COc1cc(-c2cn(C)c(=O)c(C)c2C)cc(OC)c1CN1CCN(Cc2cccc3c2CCN(C(=O)/C(C#N)=C/C2(F)CCC2)C3C)C2(CC2)C1. The number of pyridine rings is 1. The Morgan fingerprint density at radius 3 is 2.37 bits per heavy atom. The Labute approximate surface area is 306 Å². The van der Waals surface area contributed by atoms with Gasteiger partial charge in [-0.25, -0.2) is 4.39 Å². The van der Waals surface area contributed by atoms with E-state index in [-0.39, 0.29) is 28.6 Å². The van der Waals surface area contributed by atoms with Crippen LogP contribution in [0.25, 0.3) is 11.1 Å². The lowest BCUT2D eigenvalue weighted by molar-refractivity contribution is -0.129. The highest BCUT2D eigenvalue weighted by Crippen LogP contribution is 2.47. The molecule has 1 unspecified atom stereocenters. The van der Waals surface area contributed by atoms with Gasteiger partial charge in [-0.05, 0) is 105 Å². The maximum Gasteiger partial charge on any atom is 0.264 e. The van der Waals surface area contributed by atoms with Crippen molar-refractivity contribution in [2.24, 2.45) is 7.05 Å². The number of alkyl halides is 1. The van der Waals surface area contributed by atoms with E-state index in [1.54, 1.807) is 30.7 Å². The second kappa shape index (κ2) is 13.8. The summed E-state index contributed by atoms with van der Waals surface area (Å²) in [4.78, 5) is 32.9. The Balaban J connectivity index is 1.06. The highest BCUT2D eigenvalue weighted by molar-refractivity contribution is 5.98. The molecule has 1 amide bonds. The van der Waals surface area contributed by atoms with Crippen molar-refractivity contribution in [3.8, 4) is 28.7 Å². The Kier molecular flexibility index (Phi) is 9.55. The van der Waals surface area contributed by atoms with Gasteiger partial charge in [-0.2, -0.15) is 5.26 Å². The molecule has 9 nitrogen and oxygen atoms in total. The predicted molar refractivity (Wildman–Crippen MR) is 199 cm³/mol. The van der Waals surface area contributed by atoms with E-state index in [1.165, 1.54) is 17.2 Å². The summed E-state index contributed by atoms with van der Waals surface area (Å²) in [5.41, 5.74) is 6.85. The Morgan fingerprint density at radius 1 is 1.04 bits per heavy atom. The van der Waals surface area contributed by atoms with Gasteiger partial charge in [-0.15, -0.1) is 0 Å². The van der Waals surface area contributed by atoms with Crippen LogP contribution in [-0.4, -0.2) is 76.8 Å². The van der Waals surface area contributed by atoms with E-state index in [9.17, 15) is 19.2 Å². The van der Waals surface area contributed by atoms with Gasteiger partial charge >= 0.3 is 0 Å². The van der Waals surface area contributed by atoms with Gasteiger partial charge in [0.1, 0.15) is 28.8 Å². The maximum absolute atomic E-state index is 14.8. The number of hydrogen-bond acceptors (Lipinski definition) is 7. The largest absolute Gasteiger partial charge is 0.496 e. The summed E-state index contributed by atoms with van der Waals surface area (Å²) < 4.78 is 28.4. The summed E-state index contributed by atoms with van der Waals surface area (Å²) in [5.74, 6) is 1.17. The fourth-order valence-electron chi connectivity index (χ4n) is 8.67. The van der Waals surface area contributed by atoms with E-state index in [4.69, 9.17) is 9.47 Å². The molecule has 2 aliphatic carbocycles. The average molecular weight is 708 g/mol. The molecule has 4 aliphatic rings. The number of piperazine rings is 1. The number of benzene rings is 2. The minimum atomic E-state index is -1.53. The maximum atomic E-state index is 14.8. The average Bonchev–Trinajstić information content (AvgIpc) is 3.91. The van der Waals surface area contributed by atoms with Gasteiger partial charge in [0.25, 0.3) is 11.5 Å². The molecule has 274 valence electrons. The van der Waals surface area contributed by atoms with Gasteiger partial charge in [0.2, 0.25) is 0 Å². The molecule has 0 bridgehead atoms. The molecule has 3 aromatic rings. The molecule has 52 heavy (non-hydrogen) atoms. The van der Waals surface area contributed by atoms with Crippen molar-refractivity contribution in [3.63, 3.8) is 0 Å². The van der Waals surface area contributed by atoms with Crippen LogP contribution < -0.4 is 15.0 Å². The summed E-state index contributed by atoms with van der Waals surface area (Å²) in [6, 6.07) is 12.3. The number of fused-ring (bicyclic) bond motifs is 1. The van der Waals surface area contributed by atoms with Crippen molar-refractivity contribution >= 4 is 5.91 Å². The number of aryl methyl sites for hydroxylation is 1. The first kappa shape index (κ1) is 35.9. The number of nitriles is 1.